The lowest BCUT2D eigenvalue weighted by Gasteiger charge is -2.31. The number of hydrogen-bond acceptors (Lipinski definition) is 1. The van der Waals surface area contributed by atoms with Crippen molar-refractivity contribution in [3.63, 3.8) is 0 Å². The Hall–Kier alpha value is -8.40. The summed E-state index contributed by atoms with van der Waals surface area (Å²) >= 11 is 0. The van der Waals surface area contributed by atoms with Gasteiger partial charge >= 0.3 is 0 Å². The first kappa shape index (κ1) is 34.2. The van der Waals surface area contributed by atoms with Crippen molar-refractivity contribution in [1.82, 2.24) is 9.13 Å². The lowest BCUT2D eigenvalue weighted by atomic mass is 9.70. The number of hydrogen-bond donors (Lipinski definition) is 0. The largest absolute Gasteiger partial charge is 0.455 e. The maximum atomic E-state index is 6.62. The van der Waals surface area contributed by atoms with E-state index < -0.39 is 5.41 Å². The first-order valence-corrected chi connectivity index (χ1v) is 22.2. The van der Waals surface area contributed by atoms with Gasteiger partial charge in [0.15, 0.2) is 0 Å². The van der Waals surface area contributed by atoms with Crippen LogP contribution < -0.4 is 0 Å². The molecule has 0 bridgehead atoms. The maximum Gasteiger partial charge on any atom is 0.143 e. The molecule has 0 aliphatic heterocycles. The number of nitrogens with zero attached hydrogens (tertiary/aromatic N) is 2. The van der Waals surface area contributed by atoms with Gasteiger partial charge in [0.1, 0.15) is 11.2 Å². The summed E-state index contributed by atoms with van der Waals surface area (Å²) in [7, 11) is 0. The predicted molar refractivity (Wildman–Crippen MR) is 264 cm³/mol. The zero-order valence-corrected chi connectivity index (χ0v) is 34.6. The second-order valence-electron chi connectivity index (χ2n) is 17.5. The molecule has 3 heteroatoms. The molecule has 1 spiro atoms. The molecule has 0 saturated heterocycles. The fourth-order valence-corrected chi connectivity index (χ4v) is 12.1. The molecule has 0 fully saturated rings. The minimum atomic E-state index is -0.604. The number of benzene rings is 10. The highest BCUT2D eigenvalue weighted by atomic mass is 16.3. The number of aromatic nitrogens is 2. The van der Waals surface area contributed by atoms with Crippen LogP contribution in [0.4, 0.5) is 0 Å². The molecule has 0 N–H and O–H groups in total. The Morgan fingerprint density at radius 3 is 1.75 bits per heavy atom. The molecule has 0 saturated carbocycles. The van der Waals surface area contributed by atoms with Crippen LogP contribution in [0, 0.1) is 0 Å². The molecular weight excluding hydrogens is 777 g/mol. The van der Waals surface area contributed by atoms with E-state index in [1.54, 1.807) is 0 Å². The summed E-state index contributed by atoms with van der Waals surface area (Å²) in [4.78, 5) is 0. The van der Waals surface area contributed by atoms with Gasteiger partial charge in [0.05, 0.1) is 27.5 Å². The van der Waals surface area contributed by atoms with Gasteiger partial charge in [-0.3, -0.25) is 0 Å². The molecule has 3 nitrogen and oxygen atoms in total. The summed E-state index contributed by atoms with van der Waals surface area (Å²) in [5.74, 6) is 0. The normalized spacial score (nSPS) is 14.9. The molecule has 2 aliphatic carbocycles. The van der Waals surface area contributed by atoms with Crippen molar-refractivity contribution in [2.24, 2.45) is 0 Å². The lowest BCUT2D eigenvalue weighted by molar-refractivity contribution is 0.670. The van der Waals surface area contributed by atoms with Gasteiger partial charge in [-0.1, -0.05) is 170 Å². The summed E-state index contributed by atoms with van der Waals surface area (Å²) < 4.78 is 11.7. The van der Waals surface area contributed by atoms with Gasteiger partial charge < -0.3 is 13.6 Å². The Kier molecular flexibility index (Phi) is 6.61. The van der Waals surface area contributed by atoms with Crippen LogP contribution in [0.3, 0.4) is 0 Å². The molecule has 13 aromatic rings. The second-order valence-corrected chi connectivity index (χ2v) is 17.5. The summed E-state index contributed by atoms with van der Waals surface area (Å²) in [5, 5.41) is 7.24. The van der Waals surface area contributed by atoms with Crippen molar-refractivity contribution in [2.45, 2.75) is 5.41 Å². The summed E-state index contributed by atoms with van der Waals surface area (Å²) in [6.45, 7) is 0. The predicted octanol–water partition coefficient (Wildman–Crippen LogP) is 15.8. The van der Waals surface area contributed by atoms with Crippen LogP contribution in [0.5, 0.6) is 0 Å². The van der Waals surface area contributed by atoms with Gasteiger partial charge in [-0.25, -0.2) is 0 Å². The Labute approximate surface area is 368 Å². The van der Waals surface area contributed by atoms with E-state index in [2.05, 4.69) is 221 Å². The highest BCUT2D eigenvalue weighted by Crippen LogP contribution is 2.66. The average molecular weight is 813 g/mol. The summed E-state index contributed by atoms with van der Waals surface area (Å²) in [6.07, 6.45) is 0. The van der Waals surface area contributed by atoms with Crippen molar-refractivity contribution >= 4 is 65.6 Å². The number of fused-ring (bicyclic) bond motifs is 21. The standard InChI is InChI=1S/C61H36N2O/c1-3-16-38(17-4-1)62-53-28-13-9-21-42(53)45-33-34-52-56(58(45)62)48-23-8-12-27-51(48)61(52)50-26-11-7-20-41(50)44-31-32-46-49-36-37(40-24-15-25-47-43-22-10-14-29-55(43)64-60(40)47)30-35-54(49)63(59(46)57(44)61)39-18-5-2-6-19-39/h1-36H. The fourth-order valence-electron chi connectivity index (χ4n) is 12.1. The smallest absolute Gasteiger partial charge is 0.143 e. The van der Waals surface area contributed by atoms with Crippen molar-refractivity contribution in [1.29, 1.82) is 0 Å². The number of furan rings is 1. The van der Waals surface area contributed by atoms with Gasteiger partial charge in [0.25, 0.3) is 0 Å². The molecule has 64 heavy (non-hydrogen) atoms. The van der Waals surface area contributed by atoms with Crippen molar-refractivity contribution in [3.05, 3.63) is 241 Å². The van der Waals surface area contributed by atoms with Crippen LogP contribution in [-0.4, -0.2) is 9.13 Å². The Bertz CT molecular complexity index is 4130. The molecule has 15 rings (SSSR count). The zero-order chi connectivity index (χ0) is 41.7. The number of para-hydroxylation sites is 5. The minimum absolute atomic E-state index is 0.604. The lowest BCUT2D eigenvalue weighted by Crippen LogP contribution is -2.26. The third-order valence-electron chi connectivity index (χ3n) is 14.5. The van der Waals surface area contributed by atoms with E-state index in [4.69, 9.17) is 4.42 Å². The Morgan fingerprint density at radius 2 is 0.938 bits per heavy atom. The first-order chi connectivity index (χ1) is 31.8. The average Bonchev–Trinajstić information content (AvgIpc) is 4.15. The van der Waals surface area contributed by atoms with E-state index in [1.807, 2.05) is 6.07 Å². The van der Waals surface area contributed by atoms with E-state index >= 15 is 0 Å². The van der Waals surface area contributed by atoms with Crippen LogP contribution in [0.15, 0.2) is 223 Å². The van der Waals surface area contributed by atoms with Crippen molar-refractivity contribution in [3.8, 4) is 44.8 Å². The van der Waals surface area contributed by atoms with Crippen molar-refractivity contribution < 1.29 is 4.42 Å². The number of rotatable bonds is 3. The molecule has 296 valence electrons. The van der Waals surface area contributed by atoms with Crippen LogP contribution >= 0.6 is 0 Å². The second kappa shape index (κ2) is 12.4. The first-order valence-electron chi connectivity index (χ1n) is 22.2. The van der Waals surface area contributed by atoms with Gasteiger partial charge in [-0.2, -0.15) is 0 Å². The van der Waals surface area contributed by atoms with Gasteiger partial charge in [-0.05, 0) is 87.5 Å². The SMILES string of the molecule is c1ccc(-n2c3ccccc3c3ccc4c(c32)-c2ccccc2C42c3ccccc3-c3ccc4c5cc(-c6cccc7c6oc6ccccc67)ccc5n(-c5ccccc5)c4c32)cc1. The van der Waals surface area contributed by atoms with E-state index in [0.29, 0.717) is 0 Å². The molecule has 3 heterocycles. The van der Waals surface area contributed by atoms with Crippen LogP contribution in [0.1, 0.15) is 22.3 Å². The summed E-state index contributed by atoms with van der Waals surface area (Å²) in [5.41, 5.74) is 21.1. The van der Waals surface area contributed by atoms with Gasteiger partial charge in [-0.15, -0.1) is 0 Å². The molecule has 1 unspecified atom stereocenters. The molecule has 10 aromatic carbocycles. The van der Waals surface area contributed by atoms with E-state index in [1.165, 1.54) is 88.1 Å². The molecule has 0 radical (unpaired) electrons. The van der Waals surface area contributed by atoms with Crippen LogP contribution in [-0.2, 0) is 5.41 Å². The molecular formula is C61H36N2O. The fraction of sp³-hybridized carbons (Fsp3) is 0.0164. The van der Waals surface area contributed by atoms with Crippen LogP contribution in [0.25, 0.3) is 110 Å². The van der Waals surface area contributed by atoms with E-state index in [9.17, 15) is 0 Å². The molecule has 2 aliphatic rings. The maximum absolute atomic E-state index is 6.62. The third-order valence-corrected chi connectivity index (χ3v) is 14.5. The molecule has 3 aromatic heterocycles. The minimum Gasteiger partial charge on any atom is -0.455 e. The molecule has 0 amide bonds. The van der Waals surface area contributed by atoms with Gasteiger partial charge in [0.2, 0.25) is 0 Å². The van der Waals surface area contributed by atoms with Crippen molar-refractivity contribution in [2.75, 3.05) is 0 Å². The topological polar surface area (TPSA) is 23.0 Å². The zero-order valence-electron chi connectivity index (χ0n) is 34.6. The van der Waals surface area contributed by atoms with Crippen LogP contribution in [0.2, 0.25) is 0 Å². The Balaban J connectivity index is 1.11. The quantitative estimate of drug-likeness (QED) is 0.174. The van der Waals surface area contributed by atoms with E-state index in [-0.39, 0.29) is 0 Å². The van der Waals surface area contributed by atoms with Gasteiger partial charge in [0, 0.05) is 60.4 Å². The monoisotopic (exact) mass is 812 g/mol. The molecule has 1 atom stereocenters. The Morgan fingerprint density at radius 1 is 0.344 bits per heavy atom. The highest BCUT2D eigenvalue weighted by molar-refractivity contribution is 6.20. The van der Waals surface area contributed by atoms with E-state index in [0.717, 1.165) is 44.4 Å². The highest BCUT2D eigenvalue weighted by Gasteiger charge is 2.54. The third kappa shape index (κ3) is 4.17. The summed E-state index contributed by atoms with van der Waals surface area (Å²) in [6, 6.07) is 80.8.